The summed E-state index contributed by atoms with van der Waals surface area (Å²) in [6, 6.07) is 2.01. The zero-order chi connectivity index (χ0) is 9.97. The number of hydrogen-bond donors (Lipinski definition) is 3. The molecular weight excluding hydrogens is 180 g/mol. The van der Waals surface area contributed by atoms with E-state index in [0.29, 0.717) is 5.69 Å². The standard InChI is InChI=1S/C10H14N2O2/c13-6-9-10(14)7(3-5-12-9)8-2-1-4-11-8/h3,5,8,11,13-14H,1-2,4,6H2. The van der Waals surface area contributed by atoms with Gasteiger partial charge in [0.15, 0.2) is 0 Å². The van der Waals surface area contributed by atoms with E-state index in [1.54, 1.807) is 12.3 Å². The first kappa shape index (κ1) is 9.43. The van der Waals surface area contributed by atoms with Gasteiger partial charge in [-0.2, -0.15) is 0 Å². The molecule has 0 amide bonds. The Balaban J connectivity index is 2.32. The van der Waals surface area contributed by atoms with Crippen molar-refractivity contribution in [1.29, 1.82) is 0 Å². The Bertz CT molecular complexity index is 322. The summed E-state index contributed by atoms with van der Waals surface area (Å²) in [4.78, 5) is 3.90. The molecule has 2 rings (SSSR count). The lowest BCUT2D eigenvalue weighted by molar-refractivity contribution is 0.269. The van der Waals surface area contributed by atoms with Crippen LogP contribution in [0.15, 0.2) is 12.3 Å². The third-order valence-electron chi connectivity index (χ3n) is 2.62. The highest BCUT2D eigenvalue weighted by atomic mass is 16.3. The number of aromatic hydroxyl groups is 1. The Labute approximate surface area is 82.6 Å². The fraction of sp³-hybridized carbons (Fsp3) is 0.500. The summed E-state index contributed by atoms with van der Waals surface area (Å²) in [5, 5.41) is 22.0. The van der Waals surface area contributed by atoms with Crippen LogP contribution in [0.4, 0.5) is 0 Å². The summed E-state index contributed by atoms with van der Waals surface area (Å²) in [5.74, 6) is 0.134. The maximum Gasteiger partial charge on any atom is 0.144 e. The molecule has 0 spiro atoms. The van der Waals surface area contributed by atoms with Crippen LogP contribution in [0.2, 0.25) is 0 Å². The summed E-state index contributed by atoms with van der Waals surface area (Å²) in [6.07, 6.45) is 3.78. The van der Waals surface area contributed by atoms with Crippen LogP contribution in [0.25, 0.3) is 0 Å². The lowest BCUT2D eigenvalue weighted by atomic mass is 10.0. The van der Waals surface area contributed by atoms with Gasteiger partial charge < -0.3 is 15.5 Å². The third kappa shape index (κ3) is 1.58. The van der Waals surface area contributed by atoms with Crippen molar-refractivity contribution in [2.45, 2.75) is 25.5 Å². The first-order chi connectivity index (χ1) is 6.83. The molecule has 1 unspecified atom stereocenters. The molecule has 1 aliphatic heterocycles. The molecule has 14 heavy (non-hydrogen) atoms. The van der Waals surface area contributed by atoms with Crippen molar-refractivity contribution in [3.63, 3.8) is 0 Å². The van der Waals surface area contributed by atoms with Gasteiger partial charge in [0.1, 0.15) is 11.4 Å². The minimum Gasteiger partial charge on any atom is -0.506 e. The van der Waals surface area contributed by atoms with E-state index in [4.69, 9.17) is 5.11 Å². The first-order valence-electron chi connectivity index (χ1n) is 4.84. The highest BCUT2D eigenvalue weighted by molar-refractivity contribution is 5.37. The van der Waals surface area contributed by atoms with Crippen molar-refractivity contribution >= 4 is 0 Å². The van der Waals surface area contributed by atoms with Gasteiger partial charge in [-0.3, -0.25) is 4.98 Å². The molecule has 0 saturated carbocycles. The Morgan fingerprint density at radius 3 is 3.07 bits per heavy atom. The number of nitrogens with zero attached hydrogens (tertiary/aromatic N) is 1. The molecule has 1 saturated heterocycles. The van der Waals surface area contributed by atoms with Crippen molar-refractivity contribution in [2.75, 3.05) is 6.54 Å². The molecule has 4 nitrogen and oxygen atoms in total. The van der Waals surface area contributed by atoms with E-state index in [2.05, 4.69) is 10.3 Å². The maximum atomic E-state index is 9.79. The largest absolute Gasteiger partial charge is 0.506 e. The van der Waals surface area contributed by atoms with E-state index in [0.717, 1.165) is 24.9 Å². The smallest absolute Gasteiger partial charge is 0.144 e. The SMILES string of the molecule is OCc1nccc(C2CCCN2)c1O. The Morgan fingerprint density at radius 1 is 1.57 bits per heavy atom. The average molecular weight is 194 g/mol. The molecular formula is C10H14N2O2. The Kier molecular flexibility index (Phi) is 2.65. The fourth-order valence-corrected chi connectivity index (χ4v) is 1.86. The molecule has 1 aliphatic rings. The van der Waals surface area contributed by atoms with Crippen molar-refractivity contribution < 1.29 is 10.2 Å². The minimum atomic E-state index is -0.216. The van der Waals surface area contributed by atoms with E-state index < -0.39 is 0 Å². The summed E-state index contributed by atoms with van der Waals surface area (Å²) in [6.45, 7) is 0.771. The van der Waals surface area contributed by atoms with Crippen LogP contribution in [-0.4, -0.2) is 21.7 Å². The van der Waals surface area contributed by atoms with Crippen LogP contribution in [-0.2, 0) is 6.61 Å². The van der Waals surface area contributed by atoms with Gasteiger partial charge >= 0.3 is 0 Å². The number of aliphatic hydroxyl groups is 1. The number of aliphatic hydroxyl groups excluding tert-OH is 1. The zero-order valence-electron chi connectivity index (χ0n) is 7.90. The molecule has 1 aromatic heterocycles. The number of aromatic nitrogens is 1. The Hall–Kier alpha value is -1.13. The zero-order valence-corrected chi connectivity index (χ0v) is 7.90. The summed E-state index contributed by atoms with van der Waals surface area (Å²) < 4.78 is 0. The van der Waals surface area contributed by atoms with Gasteiger partial charge in [-0.05, 0) is 25.5 Å². The van der Waals surface area contributed by atoms with Crippen LogP contribution >= 0.6 is 0 Å². The topological polar surface area (TPSA) is 65.4 Å². The summed E-state index contributed by atoms with van der Waals surface area (Å²) >= 11 is 0. The van der Waals surface area contributed by atoms with Crippen LogP contribution < -0.4 is 5.32 Å². The lowest BCUT2D eigenvalue weighted by Gasteiger charge is -2.13. The van der Waals surface area contributed by atoms with Crippen LogP contribution in [0.1, 0.15) is 30.1 Å². The normalized spacial score (nSPS) is 21.4. The van der Waals surface area contributed by atoms with E-state index in [-0.39, 0.29) is 18.4 Å². The van der Waals surface area contributed by atoms with Gasteiger partial charge in [0.05, 0.1) is 6.61 Å². The molecule has 3 N–H and O–H groups in total. The summed E-state index contributed by atoms with van der Waals surface area (Å²) in [5.41, 5.74) is 1.21. The highest BCUT2D eigenvalue weighted by Crippen LogP contribution is 2.31. The van der Waals surface area contributed by atoms with Gasteiger partial charge in [0.25, 0.3) is 0 Å². The van der Waals surface area contributed by atoms with Crippen molar-refractivity contribution in [1.82, 2.24) is 10.3 Å². The monoisotopic (exact) mass is 194 g/mol. The van der Waals surface area contributed by atoms with E-state index in [1.807, 2.05) is 0 Å². The van der Waals surface area contributed by atoms with Crippen LogP contribution in [0, 0.1) is 0 Å². The molecule has 1 fully saturated rings. The number of nitrogens with one attached hydrogen (secondary N) is 1. The van der Waals surface area contributed by atoms with Crippen LogP contribution in [0.3, 0.4) is 0 Å². The maximum absolute atomic E-state index is 9.79. The van der Waals surface area contributed by atoms with Crippen LogP contribution in [0.5, 0.6) is 5.75 Å². The number of rotatable bonds is 2. The predicted octanol–water partition coefficient (Wildman–Crippen LogP) is 0.704. The quantitative estimate of drug-likeness (QED) is 0.648. The summed E-state index contributed by atoms with van der Waals surface area (Å²) in [7, 11) is 0. The number of hydrogen-bond acceptors (Lipinski definition) is 4. The molecule has 1 atom stereocenters. The second-order valence-corrected chi connectivity index (χ2v) is 3.50. The molecule has 2 heterocycles. The van der Waals surface area contributed by atoms with Crippen molar-refractivity contribution in [3.8, 4) is 5.75 Å². The molecule has 0 radical (unpaired) electrons. The molecule has 1 aromatic rings. The second kappa shape index (κ2) is 3.94. The highest BCUT2D eigenvalue weighted by Gasteiger charge is 2.20. The molecule has 0 aromatic carbocycles. The molecule has 0 bridgehead atoms. The number of pyridine rings is 1. The van der Waals surface area contributed by atoms with Gasteiger partial charge in [0.2, 0.25) is 0 Å². The van der Waals surface area contributed by atoms with Gasteiger partial charge in [0, 0.05) is 17.8 Å². The third-order valence-corrected chi connectivity index (χ3v) is 2.62. The lowest BCUT2D eigenvalue weighted by Crippen LogP contribution is -2.13. The fourth-order valence-electron chi connectivity index (χ4n) is 1.86. The van der Waals surface area contributed by atoms with Gasteiger partial charge in [-0.25, -0.2) is 0 Å². The molecule has 4 heteroatoms. The van der Waals surface area contributed by atoms with Gasteiger partial charge in [-0.1, -0.05) is 0 Å². The molecule has 76 valence electrons. The van der Waals surface area contributed by atoms with E-state index >= 15 is 0 Å². The van der Waals surface area contributed by atoms with E-state index in [1.165, 1.54) is 0 Å². The van der Waals surface area contributed by atoms with Gasteiger partial charge in [-0.15, -0.1) is 0 Å². The van der Waals surface area contributed by atoms with E-state index in [9.17, 15) is 5.11 Å². The first-order valence-corrected chi connectivity index (χ1v) is 4.84. The predicted molar refractivity (Wildman–Crippen MR) is 51.8 cm³/mol. The second-order valence-electron chi connectivity index (χ2n) is 3.50. The Morgan fingerprint density at radius 2 is 2.43 bits per heavy atom. The average Bonchev–Trinajstić information content (AvgIpc) is 2.71. The van der Waals surface area contributed by atoms with Crippen molar-refractivity contribution in [2.24, 2.45) is 0 Å². The molecule has 0 aliphatic carbocycles. The van der Waals surface area contributed by atoms with Crippen molar-refractivity contribution in [3.05, 3.63) is 23.5 Å². The minimum absolute atomic E-state index is 0.134.